The van der Waals surface area contributed by atoms with Crippen LogP contribution in [0.2, 0.25) is 0 Å². The third kappa shape index (κ3) is 2.79. The number of carbonyl (C=O) groups excluding carboxylic acids is 1. The van der Waals surface area contributed by atoms with Gasteiger partial charge >= 0.3 is 6.09 Å². The highest BCUT2D eigenvalue weighted by Crippen LogP contribution is 2.27. The van der Waals surface area contributed by atoms with Gasteiger partial charge in [-0.05, 0) is 18.2 Å². The van der Waals surface area contributed by atoms with Gasteiger partial charge in [-0.25, -0.2) is 9.78 Å². The lowest BCUT2D eigenvalue weighted by Crippen LogP contribution is -2.22. The van der Waals surface area contributed by atoms with Gasteiger partial charge in [-0.15, -0.1) is 0 Å². The number of rotatable bonds is 3. The number of carbonyl (C=O) groups is 1. The standard InChI is InChI=1S/C17H16N2O3/c1-19(2)17(20)21-11-12-7-3-4-8-13(12)16-18-14-9-5-6-10-15(14)22-16/h3-10H,11H2,1-2H3. The second-order valence-electron chi connectivity index (χ2n) is 5.09. The van der Waals surface area contributed by atoms with E-state index in [1.165, 1.54) is 4.90 Å². The van der Waals surface area contributed by atoms with E-state index in [1.807, 2.05) is 48.5 Å². The molecule has 3 aromatic rings. The molecule has 0 bridgehead atoms. The van der Waals surface area contributed by atoms with Crippen LogP contribution >= 0.6 is 0 Å². The Morgan fingerprint density at radius 3 is 2.64 bits per heavy atom. The Morgan fingerprint density at radius 2 is 1.86 bits per heavy atom. The van der Waals surface area contributed by atoms with Crippen molar-refractivity contribution < 1.29 is 13.9 Å². The van der Waals surface area contributed by atoms with Crippen molar-refractivity contribution in [2.75, 3.05) is 14.1 Å². The van der Waals surface area contributed by atoms with Gasteiger partial charge in [-0.3, -0.25) is 0 Å². The van der Waals surface area contributed by atoms with Gasteiger partial charge in [0.1, 0.15) is 12.1 Å². The fraction of sp³-hybridized carbons (Fsp3) is 0.176. The van der Waals surface area contributed by atoms with Gasteiger partial charge in [0.25, 0.3) is 0 Å². The van der Waals surface area contributed by atoms with Crippen molar-refractivity contribution in [2.45, 2.75) is 6.61 Å². The number of oxazole rings is 1. The Kier molecular flexibility index (Phi) is 3.78. The van der Waals surface area contributed by atoms with Crippen LogP contribution in [0.1, 0.15) is 5.56 Å². The summed E-state index contributed by atoms with van der Waals surface area (Å²) in [6.07, 6.45) is -0.382. The van der Waals surface area contributed by atoms with Crippen molar-refractivity contribution in [3.05, 3.63) is 54.1 Å². The summed E-state index contributed by atoms with van der Waals surface area (Å²) in [5, 5.41) is 0. The van der Waals surface area contributed by atoms with E-state index in [1.54, 1.807) is 14.1 Å². The molecule has 0 saturated heterocycles. The third-order valence-corrected chi connectivity index (χ3v) is 3.26. The molecule has 1 heterocycles. The zero-order valence-corrected chi connectivity index (χ0v) is 12.4. The molecule has 0 radical (unpaired) electrons. The fourth-order valence-electron chi connectivity index (χ4n) is 2.11. The number of hydrogen-bond donors (Lipinski definition) is 0. The minimum absolute atomic E-state index is 0.173. The lowest BCUT2D eigenvalue weighted by molar-refractivity contribution is 0.112. The number of ether oxygens (including phenoxy) is 1. The van der Waals surface area contributed by atoms with Crippen molar-refractivity contribution in [1.29, 1.82) is 0 Å². The van der Waals surface area contributed by atoms with Gasteiger partial charge in [-0.1, -0.05) is 30.3 Å². The van der Waals surface area contributed by atoms with E-state index < -0.39 is 0 Å². The largest absolute Gasteiger partial charge is 0.445 e. The van der Waals surface area contributed by atoms with Gasteiger partial charge in [-0.2, -0.15) is 0 Å². The van der Waals surface area contributed by atoms with Crippen molar-refractivity contribution in [2.24, 2.45) is 0 Å². The molecule has 3 rings (SSSR count). The van der Waals surface area contributed by atoms with Crippen LogP contribution in [0.3, 0.4) is 0 Å². The minimum Gasteiger partial charge on any atom is -0.445 e. The maximum absolute atomic E-state index is 11.6. The number of amides is 1. The van der Waals surface area contributed by atoms with Crippen molar-refractivity contribution >= 4 is 17.2 Å². The predicted octanol–water partition coefficient (Wildman–Crippen LogP) is 3.69. The number of fused-ring (bicyclic) bond motifs is 1. The average Bonchev–Trinajstić information content (AvgIpc) is 2.96. The Morgan fingerprint density at radius 1 is 1.14 bits per heavy atom. The summed E-state index contributed by atoms with van der Waals surface area (Å²) in [5.74, 6) is 0.526. The summed E-state index contributed by atoms with van der Waals surface area (Å²) in [4.78, 5) is 17.4. The van der Waals surface area contributed by atoms with Crippen LogP contribution in [0.5, 0.6) is 0 Å². The zero-order chi connectivity index (χ0) is 15.5. The summed E-state index contributed by atoms with van der Waals surface area (Å²) >= 11 is 0. The summed E-state index contributed by atoms with van der Waals surface area (Å²) < 4.78 is 11.0. The molecule has 5 nitrogen and oxygen atoms in total. The van der Waals surface area contributed by atoms with E-state index >= 15 is 0 Å². The monoisotopic (exact) mass is 296 g/mol. The van der Waals surface area contributed by atoms with E-state index in [9.17, 15) is 4.79 Å². The van der Waals surface area contributed by atoms with Crippen LogP contribution in [0.15, 0.2) is 52.9 Å². The maximum Gasteiger partial charge on any atom is 0.409 e. The van der Waals surface area contributed by atoms with Crippen LogP contribution in [0, 0.1) is 0 Å². The molecular weight excluding hydrogens is 280 g/mol. The summed E-state index contributed by atoms with van der Waals surface area (Å²) in [7, 11) is 3.30. The number of nitrogens with zero attached hydrogens (tertiary/aromatic N) is 2. The summed E-state index contributed by atoms with van der Waals surface area (Å²) in [6.45, 7) is 0.173. The molecule has 22 heavy (non-hydrogen) atoms. The first-order valence-electron chi connectivity index (χ1n) is 6.93. The molecule has 1 amide bonds. The number of aromatic nitrogens is 1. The van der Waals surface area contributed by atoms with Crippen molar-refractivity contribution in [3.8, 4) is 11.5 Å². The van der Waals surface area contributed by atoms with E-state index in [2.05, 4.69) is 4.98 Å². The second kappa shape index (κ2) is 5.89. The molecule has 0 spiro atoms. The average molecular weight is 296 g/mol. The highest BCUT2D eigenvalue weighted by molar-refractivity contribution is 5.76. The predicted molar refractivity (Wildman–Crippen MR) is 83.3 cm³/mol. The van der Waals surface area contributed by atoms with Crippen LogP contribution in [-0.2, 0) is 11.3 Å². The first-order chi connectivity index (χ1) is 10.6. The lowest BCUT2D eigenvalue weighted by Gasteiger charge is -2.12. The van der Waals surface area contributed by atoms with Crippen LogP contribution in [0.4, 0.5) is 4.79 Å². The van der Waals surface area contributed by atoms with Crippen LogP contribution in [0.25, 0.3) is 22.6 Å². The number of hydrogen-bond acceptors (Lipinski definition) is 4. The lowest BCUT2D eigenvalue weighted by atomic mass is 10.1. The molecule has 2 aromatic carbocycles. The van der Waals surface area contributed by atoms with E-state index in [0.717, 1.165) is 22.2 Å². The molecule has 0 unspecified atom stereocenters. The van der Waals surface area contributed by atoms with Crippen molar-refractivity contribution in [1.82, 2.24) is 9.88 Å². The van der Waals surface area contributed by atoms with E-state index in [-0.39, 0.29) is 12.7 Å². The quantitative estimate of drug-likeness (QED) is 0.739. The van der Waals surface area contributed by atoms with Gasteiger partial charge < -0.3 is 14.1 Å². The highest BCUT2D eigenvalue weighted by Gasteiger charge is 2.13. The Balaban J connectivity index is 1.92. The molecule has 0 N–H and O–H groups in total. The highest BCUT2D eigenvalue weighted by atomic mass is 16.6. The fourth-order valence-corrected chi connectivity index (χ4v) is 2.11. The van der Waals surface area contributed by atoms with Crippen molar-refractivity contribution in [3.63, 3.8) is 0 Å². The first kappa shape index (κ1) is 14.1. The van der Waals surface area contributed by atoms with Crippen LogP contribution in [-0.4, -0.2) is 30.1 Å². The Hall–Kier alpha value is -2.82. The maximum atomic E-state index is 11.6. The van der Waals surface area contributed by atoms with Crippen LogP contribution < -0.4 is 0 Å². The normalized spacial score (nSPS) is 10.6. The minimum atomic E-state index is -0.382. The molecule has 0 atom stereocenters. The third-order valence-electron chi connectivity index (χ3n) is 3.26. The van der Waals surface area contributed by atoms with E-state index in [4.69, 9.17) is 9.15 Å². The molecule has 0 fully saturated rings. The van der Waals surface area contributed by atoms with Gasteiger partial charge in [0, 0.05) is 25.2 Å². The number of benzene rings is 2. The topological polar surface area (TPSA) is 55.6 Å². The number of para-hydroxylation sites is 2. The molecule has 0 saturated carbocycles. The summed E-state index contributed by atoms with van der Waals surface area (Å²) in [5.41, 5.74) is 3.21. The Bertz CT molecular complexity index is 775. The Labute approximate surface area is 128 Å². The second-order valence-corrected chi connectivity index (χ2v) is 5.09. The van der Waals surface area contributed by atoms with Gasteiger partial charge in [0.15, 0.2) is 5.58 Å². The van der Waals surface area contributed by atoms with Gasteiger partial charge in [0.2, 0.25) is 5.89 Å². The summed E-state index contributed by atoms with van der Waals surface area (Å²) in [6, 6.07) is 15.2. The first-order valence-corrected chi connectivity index (χ1v) is 6.93. The molecule has 0 aliphatic heterocycles. The zero-order valence-electron chi connectivity index (χ0n) is 12.4. The SMILES string of the molecule is CN(C)C(=O)OCc1ccccc1-c1nc2ccccc2o1. The molecule has 112 valence electrons. The smallest absolute Gasteiger partial charge is 0.409 e. The molecule has 0 aliphatic rings. The molecule has 0 aliphatic carbocycles. The molecular formula is C17H16N2O3. The van der Waals surface area contributed by atoms with E-state index in [0.29, 0.717) is 5.89 Å². The molecule has 1 aromatic heterocycles. The van der Waals surface area contributed by atoms with Gasteiger partial charge in [0.05, 0.1) is 0 Å². The molecule has 5 heteroatoms.